The van der Waals surface area contributed by atoms with Gasteiger partial charge in [-0.3, -0.25) is 4.79 Å². The summed E-state index contributed by atoms with van der Waals surface area (Å²) in [5.41, 5.74) is 0.227. The fourth-order valence-corrected chi connectivity index (χ4v) is 2.85. The van der Waals surface area contributed by atoms with Crippen LogP contribution in [0.1, 0.15) is 48.9 Å². The molecule has 92 valence electrons. The van der Waals surface area contributed by atoms with Crippen LogP contribution in [0.3, 0.4) is 0 Å². The van der Waals surface area contributed by atoms with E-state index in [1.807, 2.05) is 0 Å². The van der Waals surface area contributed by atoms with Gasteiger partial charge in [-0.15, -0.1) is 0 Å². The zero-order valence-corrected chi connectivity index (χ0v) is 11.3. The van der Waals surface area contributed by atoms with Gasteiger partial charge in [-0.05, 0) is 34.0 Å². The number of halogens is 2. The first-order chi connectivity index (χ1) is 8.18. The molecule has 2 rings (SSSR count). The Morgan fingerprint density at radius 1 is 1.29 bits per heavy atom. The number of ketones is 1. The fourth-order valence-electron chi connectivity index (χ4n) is 2.48. The van der Waals surface area contributed by atoms with Crippen LogP contribution < -0.4 is 0 Å². The molecule has 0 atom stereocenters. The monoisotopic (exact) mass is 298 g/mol. The number of carbonyl (C=O) groups is 1. The Labute approximate surface area is 110 Å². The lowest BCUT2D eigenvalue weighted by atomic mass is 9.85. The van der Waals surface area contributed by atoms with Crippen LogP contribution in [0.2, 0.25) is 0 Å². The number of hydrogen-bond acceptors (Lipinski definition) is 1. The molecule has 0 radical (unpaired) electrons. The van der Waals surface area contributed by atoms with E-state index < -0.39 is 5.82 Å². The van der Waals surface area contributed by atoms with Crippen molar-refractivity contribution >= 4 is 21.7 Å². The first kappa shape index (κ1) is 12.7. The zero-order chi connectivity index (χ0) is 12.3. The van der Waals surface area contributed by atoms with Gasteiger partial charge >= 0.3 is 0 Å². The van der Waals surface area contributed by atoms with Gasteiger partial charge in [0, 0.05) is 6.42 Å². The van der Waals surface area contributed by atoms with E-state index in [1.54, 1.807) is 18.2 Å². The molecule has 0 saturated heterocycles. The van der Waals surface area contributed by atoms with Crippen LogP contribution in [-0.4, -0.2) is 5.78 Å². The Bertz CT molecular complexity index is 411. The van der Waals surface area contributed by atoms with Gasteiger partial charge in [0.1, 0.15) is 5.82 Å². The largest absolute Gasteiger partial charge is 0.294 e. The summed E-state index contributed by atoms with van der Waals surface area (Å²) < 4.78 is 14.1. The number of carbonyl (C=O) groups excluding carboxylic acids is 1. The molecule has 1 nitrogen and oxygen atoms in total. The minimum absolute atomic E-state index is 0.0595. The van der Waals surface area contributed by atoms with Crippen molar-refractivity contribution in [3.8, 4) is 0 Å². The van der Waals surface area contributed by atoms with Gasteiger partial charge in [-0.1, -0.05) is 38.2 Å². The summed E-state index contributed by atoms with van der Waals surface area (Å²) in [6.07, 6.45) is 6.41. The number of benzene rings is 1. The highest BCUT2D eigenvalue weighted by atomic mass is 79.9. The highest BCUT2D eigenvalue weighted by Crippen LogP contribution is 2.28. The number of Topliss-reactive ketones (excluding diaryl/α,β-unsaturated/α-hetero) is 1. The van der Waals surface area contributed by atoms with Crippen molar-refractivity contribution in [2.75, 3.05) is 0 Å². The molecular weight excluding hydrogens is 283 g/mol. The van der Waals surface area contributed by atoms with Crippen molar-refractivity contribution in [2.45, 2.75) is 38.5 Å². The molecule has 0 aliphatic heterocycles. The maximum absolute atomic E-state index is 13.7. The lowest BCUT2D eigenvalue weighted by Gasteiger charge is -2.20. The Morgan fingerprint density at radius 3 is 2.71 bits per heavy atom. The minimum atomic E-state index is -0.423. The van der Waals surface area contributed by atoms with Crippen LogP contribution >= 0.6 is 15.9 Å². The third kappa shape index (κ3) is 3.15. The maximum atomic E-state index is 13.7. The lowest BCUT2D eigenvalue weighted by molar-refractivity contribution is 0.0946. The van der Waals surface area contributed by atoms with Gasteiger partial charge in [-0.2, -0.15) is 0 Å². The molecule has 1 saturated carbocycles. The smallest absolute Gasteiger partial charge is 0.166 e. The van der Waals surface area contributed by atoms with Crippen molar-refractivity contribution in [3.63, 3.8) is 0 Å². The molecule has 1 aliphatic rings. The van der Waals surface area contributed by atoms with E-state index in [0.29, 0.717) is 16.8 Å². The van der Waals surface area contributed by atoms with Crippen molar-refractivity contribution in [1.82, 2.24) is 0 Å². The zero-order valence-electron chi connectivity index (χ0n) is 9.72. The molecule has 0 heterocycles. The van der Waals surface area contributed by atoms with Crippen molar-refractivity contribution in [3.05, 3.63) is 34.1 Å². The van der Waals surface area contributed by atoms with Crippen LogP contribution in [0.4, 0.5) is 4.39 Å². The predicted molar refractivity (Wildman–Crippen MR) is 69.6 cm³/mol. The summed E-state index contributed by atoms with van der Waals surface area (Å²) in [6, 6.07) is 4.90. The first-order valence-electron chi connectivity index (χ1n) is 6.15. The third-order valence-electron chi connectivity index (χ3n) is 3.45. The van der Waals surface area contributed by atoms with Crippen molar-refractivity contribution < 1.29 is 9.18 Å². The average molecular weight is 299 g/mol. The maximum Gasteiger partial charge on any atom is 0.166 e. The van der Waals surface area contributed by atoms with E-state index in [0.717, 1.165) is 12.8 Å². The fraction of sp³-hybridized carbons (Fsp3) is 0.500. The molecule has 1 aliphatic carbocycles. The molecule has 1 aromatic rings. The lowest BCUT2D eigenvalue weighted by Crippen LogP contribution is -2.13. The third-order valence-corrected chi connectivity index (χ3v) is 4.06. The Balaban J connectivity index is 2.06. The van der Waals surface area contributed by atoms with E-state index in [4.69, 9.17) is 0 Å². The number of hydrogen-bond donors (Lipinski definition) is 0. The molecule has 0 spiro atoms. The Hall–Kier alpha value is -0.700. The second kappa shape index (κ2) is 5.76. The van der Waals surface area contributed by atoms with Crippen LogP contribution in [0, 0.1) is 11.7 Å². The summed E-state index contributed by atoms with van der Waals surface area (Å²) in [6.45, 7) is 0. The van der Waals surface area contributed by atoms with E-state index in [2.05, 4.69) is 15.9 Å². The van der Waals surface area contributed by atoms with E-state index in [9.17, 15) is 9.18 Å². The normalized spacial score (nSPS) is 17.1. The summed E-state index contributed by atoms with van der Waals surface area (Å²) in [7, 11) is 0. The molecular formula is C14H16BrFO. The molecule has 1 fully saturated rings. The first-order valence-corrected chi connectivity index (χ1v) is 6.95. The molecule has 3 heteroatoms. The average Bonchev–Trinajstić information content (AvgIpc) is 2.34. The van der Waals surface area contributed by atoms with Crippen LogP contribution in [0.5, 0.6) is 0 Å². The highest BCUT2D eigenvalue weighted by molar-refractivity contribution is 9.10. The van der Waals surface area contributed by atoms with E-state index in [-0.39, 0.29) is 11.3 Å². The SMILES string of the molecule is O=C(CC1CCCCC1)c1cccc(Br)c1F. The Morgan fingerprint density at radius 2 is 2.00 bits per heavy atom. The van der Waals surface area contributed by atoms with Gasteiger partial charge in [0.15, 0.2) is 5.78 Å². The molecule has 0 N–H and O–H groups in total. The molecule has 0 unspecified atom stereocenters. The predicted octanol–water partition coefficient (Wildman–Crippen LogP) is 4.74. The van der Waals surface area contributed by atoms with Crippen LogP contribution in [0.25, 0.3) is 0 Å². The van der Waals surface area contributed by atoms with Crippen molar-refractivity contribution in [1.29, 1.82) is 0 Å². The standard InChI is InChI=1S/C14H16BrFO/c15-12-8-4-7-11(14(12)16)13(17)9-10-5-2-1-3-6-10/h4,7-8,10H,1-3,5-6,9H2. The Kier molecular flexibility index (Phi) is 4.32. The summed E-state index contributed by atoms with van der Waals surface area (Å²) in [4.78, 5) is 12.0. The molecule has 0 bridgehead atoms. The van der Waals surface area contributed by atoms with Gasteiger partial charge in [0.05, 0.1) is 10.0 Å². The molecule has 1 aromatic carbocycles. The summed E-state index contributed by atoms with van der Waals surface area (Å²) in [5.74, 6) is -0.0290. The number of rotatable bonds is 3. The van der Waals surface area contributed by atoms with Crippen LogP contribution in [0.15, 0.2) is 22.7 Å². The summed E-state index contributed by atoms with van der Waals surface area (Å²) in [5, 5.41) is 0. The molecule has 17 heavy (non-hydrogen) atoms. The van der Waals surface area contributed by atoms with Gasteiger partial charge in [-0.25, -0.2) is 4.39 Å². The van der Waals surface area contributed by atoms with Crippen LogP contribution in [-0.2, 0) is 0 Å². The van der Waals surface area contributed by atoms with Gasteiger partial charge < -0.3 is 0 Å². The van der Waals surface area contributed by atoms with Crippen molar-refractivity contribution in [2.24, 2.45) is 5.92 Å². The van der Waals surface area contributed by atoms with Gasteiger partial charge in [0.25, 0.3) is 0 Å². The van der Waals surface area contributed by atoms with E-state index >= 15 is 0 Å². The quantitative estimate of drug-likeness (QED) is 0.737. The topological polar surface area (TPSA) is 17.1 Å². The highest BCUT2D eigenvalue weighted by Gasteiger charge is 2.20. The minimum Gasteiger partial charge on any atom is -0.294 e. The van der Waals surface area contributed by atoms with E-state index in [1.165, 1.54) is 19.3 Å². The molecule has 0 aromatic heterocycles. The second-order valence-corrected chi connectivity index (χ2v) is 5.59. The second-order valence-electron chi connectivity index (χ2n) is 4.73. The van der Waals surface area contributed by atoms with Gasteiger partial charge in [0.2, 0.25) is 0 Å². The summed E-state index contributed by atoms with van der Waals surface area (Å²) >= 11 is 3.11. The molecule has 0 amide bonds.